The summed E-state index contributed by atoms with van der Waals surface area (Å²) in [6.07, 6.45) is 3.31. The number of phenols is 1. The van der Waals surface area contributed by atoms with Crippen LogP contribution in [-0.2, 0) is 9.59 Å². The number of halogens is 3. The van der Waals surface area contributed by atoms with Gasteiger partial charge in [-0.25, -0.2) is 9.29 Å². The number of carbonyl (C=O) groups is 2. The molecule has 0 saturated carbocycles. The van der Waals surface area contributed by atoms with E-state index in [1.807, 2.05) is 0 Å². The molecule has 1 aliphatic carbocycles. The topological polar surface area (TPSA) is 66.8 Å². The van der Waals surface area contributed by atoms with Gasteiger partial charge in [0.15, 0.2) is 21.2 Å². The van der Waals surface area contributed by atoms with Crippen LogP contribution in [0.2, 0.25) is 0 Å². The smallest absolute Gasteiger partial charge is 0.258 e. The fourth-order valence-corrected chi connectivity index (χ4v) is 5.23. The van der Waals surface area contributed by atoms with E-state index >= 15 is 0 Å². The summed E-state index contributed by atoms with van der Waals surface area (Å²) in [6.45, 7) is 5.92. The number of amides is 2. The summed E-state index contributed by atoms with van der Waals surface area (Å²) < 4.78 is 18.9. The van der Waals surface area contributed by atoms with Gasteiger partial charge in [0.2, 0.25) is 0 Å². The molecule has 0 aromatic heterocycles. The number of imide groups is 1. The first kappa shape index (κ1) is 22.4. The Morgan fingerprint density at radius 3 is 2.53 bits per heavy atom. The number of phenolic OH excluding ortho intramolecular Hbond substituents is 1. The third kappa shape index (κ3) is 3.05. The van der Waals surface area contributed by atoms with Crippen LogP contribution in [0, 0.1) is 5.82 Å². The van der Waals surface area contributed by atoms with Crippen molar-refractivity contribution in [3.8, 4) is 11.5 Å². The molecule has 1 heterocycles. The van der Waals surface area contributed by atoms with Gasteiger partial charge in [-0.05, 0) is 60.9 Å². The summed E-state index contributed by atoms with van der Waals surface area (Å²) in [7, 11) is 0. The largest absolute Gasteiger partial charge is 0.504 e. The highest BCUT2D eigenvalue weighted by molar-refractivity contribution is 6.58. The molecule has 1 fully saturated rings. The number of aromatic hydroxyl groups is 1. The van der Waals surface area contributed by atoms with E-state index in [9.17, 15) is 19.1 Å². The van der Waals surface area contributed by atoms with Crippen LogP contribution < -0.4 is 9.64 Å². The Kier molecular flexibility index (Phi) is 5.55. The van der Waals surface area contributed by atoms with Crippen LogP contribution in [-0.4, -0.2) is 33.3 Å². The summed E-state index contributed by atoms with van der Waals surface area (Å²) in [6, 6.07) is 9.57. The fourth-order valence-electron chi connectivity index (χ4n) is 4.38. The van der Waals surface area contributed by atoms with Crippen LogP contribution in [0.3, 0.4) is 0 Å². The first-order chi connectivity index (χ1) is 15.2. The highest BCUT2D eigenvalue weighted by Crippen LogP contribution is 2.60. The Morgan fingerprint density at radius 2 is 1.91 bits per heavy atom. The Labute approximate surface area is 194 Å². The molecular formula is C24H20Cl2FNO4. The molecule has 1 aliphatic heterocycles. The zero-order valence-electron chi connectivity index (χ0n) is 17.1. The van der Waals surface area contributed by atoms with E-state index in [1.54, 1.807) is 31.2 Å². The molecule has 0 bridgehead atoms. The maximum atomic E-state index is 13.7. The summed E-state index contributed by atoms with van der Waals surface area (Å²) in [5, 5.41) is 10.1. The lowest BCUT2D eigenvalue weighted by Crippen LogP contribution is -2.54. The maximum absolute atomic E-state index is 13.7. The molecular weight excluding hydrogens is 456 g/mol. The van der Waals surface area contributed by atoms with Gasteiger partial charge in [0.1, 0.15) is 5.82 Å². The SMILES string of the molecule is C=CC1=CCC2(Cl)C(=O)N(c3ccc(F)cc3)C(=O)C2(Cl)C1c1ccc(O)c(OCC)c1. The number of allylic oxidation sites excluding steroid dienone is 3. The second-order valence-electron chi connectivity index (χ2n) is 7.64. The zero-order valence-corrected chi connectivity index (χ0v) is 18.7. The molecule has 1 saturated heterocycles. The summed E-state index contributed by atoms with van der Waals surface area (Å²) in [4.78, 5) is 24.4. The van der Waals surface area contributed by atoms with Gasteiger partial charge in [0.25, 0.3) is 11.8 Å². The summed E-state index contributed by atoms with van der Waals surface area (Å²) in [5.41, 5.74) is 1.32. The minimum absolute atomic E-state index is 0.00851. The molecule has 3 atom stereocenters. The van der Waals surface area contributed by atoms with E-state index in [-0.39, 0.29) is 23.6 Å². The number of rotatable bonds is 5. The highest BCUT2D eigenvalue weighted by Gasteiger charge is 2.73. The third-order valence-electron chi connectivity index (χ3n) is 5.92. The van der Waals surface area contributed by atoms with E-state index in [1.165, 1.54) is 18.2 Å². The number of alkyl halides is 2. The molecule has 2 amide bonds. The fraction of sp³-hybridized carbons (Fsp3) is 0.250. The van der Waals surface area contributed by atoms with Crippen molar-refractivity contribution in [1.29, 1.82) is 0 Å². The first-order valence-electron chi connectivity index (χ1n) is 9.99. The molecule has 2 aromatic rings. The Morgan fingerprint density at radius 1 is 1.22 bits per heavy atom. The Balaban J connectivity index is 1.90. The van der Waals surface area contributed by atoms with Crippen LogP contribution in [0.5, 0.6) is 11.5 Å². The van der Waals surface area contributed by atoms with Gasteiger partial charge in [-0.15, -0.1) is 23.2 Å². The zero-order chi connectivity index (χ0) is 23.3. The van der Waals surface area contributed by atoms with Gasteiger partial charge in [-0.3, -0.25) is 9.59 Å². The van der Waals surface area contributed by atoms with Crippen LogP contribution in [0.1, 0.15) is 24.8 Å². The van der Waals surface area contributed by atoms with Crippen molar-refractivity contribution >= 4 is 40.7 Å². The molecule has 0 radical (unpaired) electrons. The van der Waals surface area contributed by atoms with Gasteiger partial charge in [0, 0.05) is 5.92 Å². The first-order valence-corrected chi connectivity index (χ1v) is 10.7. The normalized spacial score (nSPS) is 27.2. The molecule has 32 heavy (non-hydrogen) atoms. The van der Waals surface area contributed by atoms with Gasteiger partial charge in [0.05, 0.1) is 12.3 Å². The summed E-state index contributed by atoms with van der Waals surface area (Å²) >= 11 is 13.9. The predicted molar refractivity (Wildman–Crippen MR) is 121 cm³/mol. The van der Waals surface area contributed by atoms with Gasteiger partial charge in [-0.1, -0.05) is 24.8 Å². The van der Waals surface area contributed by atoms with Crippen molar-refractivity contribution in [2.75, 3.05) is 11.5 Å². The minimum Gasteiger partial charge on any atom is -0.504 e. The minimum atomic E-state index is -1.89. The quantitative estimate of drug-likeness (QED) is 0.484. The van der Waals surface area contributed by atoms with Crippen LogP contribution in [0.15, 0.2) is 66.8 Å². The van der Waals surface area contributed by atoms with E-state index in [0.29, 0.717) is 17.7 Å². The number of fused-ring (bicyclic) bond motifs is 1. The maximum Gasteiger partial charge on any atom is 0.258 e. The van der Waals surface area contributed by atoms with E-state index in [4.69, 9.17) is 27.9 Å². The molecule has 2 aliphatic rings. The Hall–Kier alpha value is -2.83. The van der Waals surface area contributed by atoms with Crippen molar-refractivity contribution < 1.29 is 23.8 Å². The second-order valence-corrected chi connectivity index (χ2v) is 8.88. The average molecular weight is 476 g/mol. The molecule has 0 spiro atoms. The van der Waals surface area contributed by atoms with E-state index in [0.717, 1.165) is 17.0 Å². The number of benzene rings is 2. The molecule has 166 valence electrons. The number of ether oxygens (including phenoxy) is 1. The second kappa shape index (κ2) is 7.94. The van der Waals surface area contributed by atoms with Crippen molar-refractivity contribution in [1.82, 2.24) is 0 Å². The van der Waals surface area contributed by atoms with Gasteiger partial charge in [-0.2, -0.15) is 0 Å². The molecule has 5 nitrogen and oxygen atoms in total. The van der Waals surface area contributed by atoms with E-state index in [2.05, 4.69) is 6.58 Å². The van der Waals surface area contributed by atoms with Gasteiger partial charge < -0.3 is 9.84 Å². The number of anilines is 1. The molecule has 2 aromatic carbocycles. The van der Waals surface area contributed by atoms with Crippen molar-refractivity contribution in [3.05, 3.63) is 78.1 Å². The number of hydrogen-bond donors (Lipinski definition) is 1. The van der Waals surface area contributed by atoms with Crippen molar-refractivity contribution in [2.24, 2.45) is 0 Å². The lowest BCUT2D eigenvalue weighted by molar-refractivity contribution is -0.122. The number of nitrogens with zero attached hydrogens (tertiary/aromatic N) is 1. The van der Waals surface area contributed by atoms with Crippen molar-refractivity contribution in [3.63, 3.8) is 0 Å². The Bertz CT molecular complexity index is 1150. The standard InChI is InChI=1S/C24H20Cl2FNO4/c1-3-14-11-12-23(25)21(30)28(17-8-6-16(27)7-9-17)22(31)24(23,26)20(14)15-5-10-18(29)19(13-15)32-4-2/h3,5-11,13,20,29H,1,4,12H2,2H3. The highest BCUT2D eigenvalue weighted by atomic mass is 35.5. The van der Waals surface area contributed by atoms with Gasteiger partial charge >= 0.3 is 0 Å². The summed E-state index contributed by atoms with van der Waals surface area (Å²) in [5.74, 6) is -2.61. The number of carbonyl (C=O) groups excluding carboxylic acids is 2. The monoisotopic (exact) mass is 475 g/mol. The lowest BCUT2D eigenvalue weighted by Gasteiger charge is -2.42. The average Bonchev–Trinajstić information content (AvgIpc) is 2.93. The lowest BCUT2D eigenvalue weighted by atomic mass is 9.68. The molecule has 3 unspecified atom stereocenters. The number of hydrogen-bond acceptors (Lipinski definition) is 4. The van der Waals surface area contributed by atoms with Crippen LogP contribution in [0.25, 0.3) is 0 Å². The van der Waals surface area contributed by atoms with E-state index < -0.39 is 33.3 Å². The predicted octanol–water partition coefficient (Wildman–Crippen LogP) is 5.06. The molecule has 1 N–H and O–H groups in total. The van der Waals surface area contributed by atoms with Crippen molar-refractivity contribution in [2.45, 2.75) is 29.0 Å². The molecule has 8 heteroatoms. The molecule has 4 rings (SSSR count). The van der Waals surface area contributed by atoms with Crippen LogP contribution >= 0.6 is 23.2 Å². The van der Waals surface area contributed by atoms with Crippen LogP contribution in [0.4, 0.5) is 10.1 Å². The third-order valence-corrected chi connectivity index (χ3v) is 7.33.